The summed E-state index contributed by atoms with van der Waals surface area (Å²) in [5.74, 6) is 0. The van der Waals surface area contributed by atoms with Gasteiger partial charge in [-0.05, 0) is 19.1 Å². The number of nitrogens with one attached hydrogen (secondary N) is 1. The maximum Gasteiger partial charge on any atom is 0.177 e. The van der Waals surface area contributed by atoms with E-state index in [1.54, 1.807) is 29.1 Å². The summed E-state index contributed by atoms with van der Waals surface area (Å²) >= 11 is 0. The molecule has 0 fully saturated rings. The van der Waals surface area contributed by atoms with Gasteiger partial charge in [0, 0.05) is 25.1 Å². The van der Waals surface area contributed by atoms with Crippen LogP contribution in [0.25, 0.3) is 0 Å². The smallest absolute Gasteiger partial charge is 0.177 e. The van der Waals surface area contributed by atoms with Crippen LogP contribution in [0.15, 0.2) is 41.6 Å². The van der Waals surface area contributed by atoms with E-state index in [-0.39, 0.29) is 6.04 Å². The second kappa shape index (κ2) is 5.05. The SMILES string of the molecule is CC(Nc1ccccc1S(C)(=O)=O)c1cnn(C)c1. The molecule has 1 atom stereocenters. The van der Waals surface area contributed by atoms with Gasteiger partial charge in [0.25, 0.3) is 0 Å². The van der Waals surface area contributed by atoms with E-state index < -0.39 is 9.84 Å². The fraction of sp³-hybridized carbons (Fsp3) is 0.308. The van der Waals surface area contributed by atoms with Gasteiger partial charge in [0.1, 0.15) is 0 Å². The van der Waals surface area contributed by atoms with Gasteiger partial charge in [0.05, 0.1) is 22.8 Å². The van der Waals surface area contributed by atoms with Crippen LogP contribution >= 0.6 is 0 Å². The lowest BCUT2D eigenvalue weighted by molar-refractivity contribution is 0.602. The summed E-state index contributed by atoms with van der Waals surface area (Å²) < 4.78 is 25.2. The molecule has 102 valence electrons. The summed E-state index contributed by atoms with van der Waals surface area (Å²) in [4.78, 5) is 0.311. The molecule has 1 aromatic heterocycles. The van der Waals surface area contributed by atoms with Gasteiger partial charge in [-0.1, -0.05) is 12.1 Å². The standard InChI is InChI=1S/C13H17N3O2S/c1-10(11-8-14-16(2)9-11)15-12-6-4-5-7-13(12)19(3,17)18/h4-10,15H,1-3H3. The average molecular weight is 279 g/mol. The Morgan fingerprint density at radius 1 is 1.32 bits per heavy atom. The molecule has 0 bridgehead atoms. The lowest BCUT2D eigenvalue weighted by Crippen LogP contribution is -2.09. The molecule has 2 aromatic rings. The van der Waals surface area contributed by atoms with Crippen molar-refractivity contribution in [1.29, 1.82) is 0 Å². The van der Waals surface area contributed by atoms with Crippen molar-refractivity contribution < 1.29 is 8.42 Å². The van der Waals surface area contributed by atoms with Crippen molar-refractivity contribution in [2.75, 3.05) is 11.6 Å². The van der Waals surface area contributed by atoms with E-state index in [1.165, 1.54) is 6.26 Å². The molecule has 0 saturated carbocycles. The Hall–Kier alpha value is -1.82. The third-order valence-electron chi connectivity index (χ3n) is 2.88. The summed E-state index contributed by atoms with van der Waals surface area (Å²) in [7, 11) is -1.39. The topological polar surface area (TPSA) is 64.0 Å². The predicted octanol–water partition coefficient (Wildman–Crippen LogP) is 2.00. The zero-order chi connectivity index (χ0) is 14.0. The van der Waals surface area contributed by atoms with E-state index in [0.29, 0.717) is 10.6 Å². The first-order valence-corrected chi connectivity index (χ1v) is 7.81. The molecule has 0 aliphatic carbocycles. The first-order chi connectivity index (χ1) is 8.88. The monoisotopic (exact) mass is 279 g/mol. The third kappa shape index (κ3) is 3.14. The fourth-order valence-electron chi connectivity index (χ4n) is 1.89. The van der Waals surface area contributed by atoms with E-state index in [9.17, 15) is 8.42 Å². The summed E-state index contributed by atoms with van der Waals surface area (Å²) in [6, 6.07) is 6.89. The van der Waals surface area contributed by atoms with E-state index in [1.807, 2.05) is 26.2 Å². The van der Waals surface area contributed by atoms with Gasteiger partial charge in [-0.2, -0.15) is 5.10 Å². The van der Waals surface area contributed by atoms with Crippen molar-refractivity contribution in [2.24, 2.45) is 7.05 Å². The minimum atomic E-state index is -3.24. The number of rotatable bonds is 4. The Labute approximate surface area is 113 Å². The molecule has 6 heteroatoms. The van der Waals surface area contributed by atoms with Crippen LogP contribution in [0.4, 0.5) is 5.69 Å². The minimum absolute atomic E-state index is 0.0170. The van der Waals surface area contributed by atoms with Crippen molar-refractivity contribution in [1.82, 2.24) is 9.78 Å². The highest BCUT2D eigenvalue weighted by atomic mass is 32.2. The van der Waals surface area contributed by atoms with E-state index in [4.69, 9.17) is 0 Å². The van der Waals surface area contributed by atoms with E-state index in [2.05, 4.69) is 10.4 Å². The molecule has 0 aliphatic heterocycles. The molecule has 0 radical (unpaired) electrons. The number of aryl methyl sites for hydroxylation is 1. The quantitative estimate of drug-likeness (QED) is 0.929. The normalized spacial score (nSPS) is 13.2. The molecule has 5 nitrogen and oxygen atoms in total. The van der Waals surface area contributed by atoms with E-state index >= 15 is 0 Å². The van der Waals surface area contributed by atoms with Crippen LogP contribution in [0.1, 0.15) is 18.5 Å². The fourth-order valence-corrected chi connectivity index (χ4v) is 2.74. The summed E-state index contributed by atoms with van der Waals surface area (Å²) in [6.45, 7) is 1.97. The molecule has 0 spiro atoms. The second-order valence-electron chi connectivity index (χ2n) is 4.58. The number of sulfone groups is 1. The van der Waals surface area contributed by atoms with Crippen LogP contribution in [-0.2, 0) is 16.9 Å². The molecule has 1 heterocycles. The Kier molecular flexibility index (Phi) is 3.61. The Morgan fingerprint density at radius 2 is 2.00 bits per heavy atom. The number of benzene rings is 1. The van der Waals surface area contributed by atoms with Crippen LogP contribution in [0, 0.1) is 0 Å². The predicted molar refractivity (Wildman–Crippen MR) is 74.8 cm³/mol. The van der Waals surface area contributed by atoms with Gasteiger partial charge >= 0.3 is 0 Å². The first kappa shape index (κ1) is 13.6. The molecule has 1 N–H and O–H groups in total. The minimum Gasteiger partial charge on any atom is -0.377 e. The summed E-state index contributed by atoms with van der Waals surface area (Å²) in [6.07, 6.45) is 4.88. The zero-order valence-corrected chi connectivity index (χ0v) is 12.0. The Balaban J connectivity index is 2.29. The van der Waals surface area contributed by atoms with Crippen molar-refractivity contribution in [3.8, 4) is 0 Å². The van der Waals surface area contributed by atoms with Crippen LogP contribution in [-0.4, -0.2) is 24.5 Å². The van der Waals surface area contributed by atoms with E-state index in [0.717, 1.165) is 5.56 Å². The maximum absolute atomic E-state index is 11.7. The van der Waals surface area contributed by atoms with Gasteiger partial charge in [-0.25, -0.2) is 8.42 Å². The summed E-state index contributed by atoms with van der Waals surface area (Å²) in [5.41, 5.74) is 1.62. The lowest BCUT2D eigenvalue weighted by atomic mass is 10.2. The Morgan fingerprint density at radius 3 is 2.58 bits per heavy atom. The number of anilines is 1. The number of hydrogen-bond acceptors (Lipinski definition) is 4. The Bertz CT molecular complexity index is 677. The zero-order valence-electron chi connectivity index (χ0n) is 11.2. The van der Waals surface area contributed by atoms with Crippen molar-refractivity contribution in [3.05, 3.63) is 42.2 Å². The van der Waals surface area contributed by atoms with Gasteiger partial charge in [-0.15, -0.1) is 0 Å². The molecule has 0 saturated heterocycles. The first-order valence-electron chi connectivity index (χ1n) is 5.92. The number of para-hydroxylation sites is 1. The van der Waals surface area contributed by atoms with Crippen LogP contribution in [0.2, 0.25) is 0 Å². The highest BCUT2D eigenvalue weighted by molar-refractivity contribution is 7.90. The van der Waals surface area contributed by atoms with Gasteiger partial charge < -0.3 is 5.32 Å². The number of aromatic nitrogens is 2. The average Bonchev–Trinajstić information content (AvgIpc) is 2.75. The van der Waals surface area contributed by atoms with Gasteiger partial charge in [0.15, 0.2) is 9.84 Å². The molecular formula is C13H17N3O2S. The third-order valence-corrected chi connectivity index (χ3v) is 4.04. The van der Waals surface area contributed by atoms with Crippen molar-refractivity contribution in [3.63, 3.8) is 0 Å². The van der Waals surface area contributed by atoms with Gasteiger partial charge in [0.2, 0.25) is 0 Å². The summed E-state index contributed by atoms with van der Waals surface area (Å²) in [5, 5.41) is 7.32. The highest BCUT2D eigenvalue weighted by Crippen LogP contribution is 2.25. The molecule has 19 heavy (non-hydrogen) atoms. The second-order valence-corrected chi connectivity index (χ2v) is 6.57. The highest BCUT2D eigenvalue weighted by Gasteiger charge is 2.15. The lowest BCUT2D eigenvalue weighted by Gasteiger charge is -2.16. The number of hydrogen-bond donors (Lipinski definition) is 1. The van der Waals surface area contributed by atoms with Crippen molar-refractivity contribution in [2.45, 2.75) is 17.9 Å². The van der Waals surface area contributed by atoms with Gasteiger partial charge in [-0.3, -0.25) is 4.68 Å². The maximum atomic E-state index is 11.7. The molecule has 1 aromatic carbocycles. The van der Waals surface area contributed by atoms with Crippen LogP contribution in [0.3, 0.4) is 0 Å². The van der Waals surface area contributed by atoms with Crippen LogP contribution in [0.5, 0.6) is 0 Å². The number of nitrogens with zero attached hydrogens (tertiary/aromatic N) is 2. The molecule has 2 rings (SSSR count). The van der Waals surface area contributed by atoms with Crippen LogP contribution < -0.4 is 5.32 Å². The van der Waals surface area contributed by atoms with Crippen molar-refractivity contribution >= 4 is 15.5 Å². The molecular weight excluding hydrogens is 262 g/mol. The largest absolute Gasteiger partial charge is 0.377 e. The molecule has 0 amide bonds. The molecule has 1 unspecified atom stereocenters. The molecule has 0 aliphatic rings.